The number of hydrogen-bond acceptors (Lipinski definition) is 3. The van der Waals surface area contributed by atoms with Gasteiger partial charge in [-0.15, -0.1) is 0 Å². The fraction of sp³-hybridized carbons (Fsp3) is 0.538. The van der Waals surface area contributed by atoms with Crippen LogP contribution in [0.5, 0.6) is 0 Å². The van der Waals surface area contributed by atoms with Gasteiger partial charge in [-0.25, -0.2) is 4.79 Å². The van der Waals surface area contributed by atoms with Crippen LogP contribution in [0.1, 0.15) is 70.8 Å². The van der Waals surface area contributed by atoms with E-state index < -0.39 is 5.97 Å². The average Bonchev–Trinajstić information content (AvgIpc) is 2.54. The summed E-state index contributed by atoms with van der Waals surface area (Å²) in [6.07, 6.45) is 5.08. The Kier molecular flexibility index (Phi) is 3.31. The quantitative estimate of drug-likeness (QED) is 0.798. The third-order valence-corrected chi connectivity index (χ3v) is 3.33. The highest BCUT2D eigenvalue weighted by atomic mass is 16.4. The maximum atomic E-state index is 11.2. The summed E-state index contributed by atoms with van der Waals surface area (Å²) < 4.78 is 5.63. The van der Waals surface area contributed by atoms with Gasteiger partial charge in [-0.3, -0.25) is 4.79 Å². The zero-order chi connectivity index (χ0) is 12.4. The lowest BCUT2D eigenvalue weighted by Gasteiger charge is -2.23. The van der Waals surface area contributed by atoms with Crippen molar-refractivity contribution in [2.24, 2.45) is 0 Å². The lowest BCUT2D eigenvalue weighted by atomic mass is 9.82. The van der Waals surface area contributed by atoms with Crippen molar-refractivity contribution in [3.8, 4) is 0 Å². The van der Waals surface area contributed by atoms with Gasteiger partial charge in [-0.1, -0.05) is 13.3 Å². The molecule has 0 atom stereocenters. The fourth-order valence-corrected chi connectivity index (χ4v) is 2.24. The number of aryl methyl sites for hydroxylation is 1. The third-order valence-electron chi connectivity index (χ3n) is 3.33. The van der Waals surface area contributed by atoms with E-state index in [0.29, 0.717) is 24.2 Å². The molecule has 1 fully saturated rings. The van der Waals surface area contributed by atoms with Crippen molar-refractivity contribution < 1.29 is 19.1 Å². The highest BCUT2D eigenvalue weighted by Crippen LogP contribution is 2.40. The van der Waals surface area contributed by atoms with E-state index in [0.717, 1.165) is 25.7 Å². The largest absolute Gasteiger partial charge is 0.478 e. The van der Waals surface area contributed by atoms with Crippen LogP contribution in [0.25, 0.3) is 0 Å². The number of carboxylic acids is 1. The summed E-state index contributed by atoms with van der Waals surface area (Å²) >= 11 is 0. The SMILES string of the molecule is CCCc1oc(C2CCC2)c(C=O)c1C(=O)O. The number of carbonyl (C=O) groups excluding carboxylic acids is 1. The summed E-state index contributed by atoms with van der Waals surface area (Å²) in [7, 11) is 0. The van der Waals surface area contributed by atoms with Crippen molar-refractivity contribution in [3.63, 3.8) is 0 Å². The molecule has 1 aliphatic rings. The molecule has 1 heterocycles. The van der Waals surface area contributed by atoms with Crippen LogP contribution >= 0.6 is 0 Å². The molecule has 0 amide bonds. The number of carbonyl (C=O) groups is 2. The molecule has 1 aliphatic carbocycles. The lowest BCUT2D eigenvalue weighted by molar-refractivity contribution is 0.0692. The molecule has 2 rings (SSSR count). The number of hydrogen-bond donors (Lipinski definition) is 1. The van der Waals surface area contributed by atoms with E-state index in [-0.39, 0.29) is 17.0 Å². The molecule has 0 bridgehead atoms. The number of furan rings is 1. The van der Waals surface area contributed by atoms with Crippen molar-refractivity contribution in [1.82, 2.24) is 0 Å². The Morgan fingerprint density at radius 2 is 2.24 bits per heavy atom. The Labute approximate surface area is 99.6 Å². The molecular weight excluding hydrogens is 220 g/mol. The van der Waals surface area contributed by atoms with E-state index >= 15 is 0 Å². The van der Waals surface area contributed by atoms with Gasteiger partial charge in [0.25, 0.3) is 0 Å². The molecule has 0 aromatic carbocycles. The van der Waals surface area contributed by atoms with E-state index in [2.05, 4.69) is 0 Å². The Bertz CT molecular complexity index is 441. The van der Waals surface area contributed by atoms with Gasteiger partial charge in [0.15, 0.2) is 6.29 Å². The van der Waals surface area contributed by atoms with Crippen molar-refractivity contribution >= 4 is 12.3 Å². The average molecular weight is 236 g/mol. The Morgan fingerprint density at radius 1 is 1.53 bits per heavy atom. The van der Waals surface area contributed by atoms with Crippen LogP contribution in [0.15, 0.2) is 4.42 Å². The van der Waals surface area contributed by atoms with Crippen molar-refractivity contribution in [2.45, 2.75) is 44.9 Å². The van der Waals surface area contributed by atoms with Crippen molar-refractivity contribution in [2.75, 3.05) is 0 Å². The monoisotopic (exact) mass is 236 g/mol. The second-order valence-corrected chi connectivity index (χ2v) is 4.48. The van der Waals surface area contributed by atoms with Crippen LogP contribution < -0.4 is 0 Å². The number of aldehydes is 1. The molecule has 0 aliphatic heterocycles. The van der Waals surface area contributed by atoms with Gasteiger partial charge in [0, 0.05) is 12.3 Å². The number of aromatic carboxylic acids is 1. The predicted molar refractivity (Wildman–Crippen MR) is 61.6 cm³/mol. The highest BCUT2D eigenvalue weighted by molar-refractivity contribution is 5.99. The topological polar surface area (TPSA) is 67.5 Å². The molecule has 92 valence electrons. The number of carboxylic acid groups (broad SMARTS) is 1. The summed E-state index contributed by atoms with van der Waals surface area (Å²) in [5.41, 5.74) is 0.328. The van der Waals surface area contributed by atoms with E-state index in [9.17, 15) is 14.7 Å². The van der Waals surface area contributed by atoms with Crippen LogP contribution in [0.3, 0.4) is 0 Å². The first-order valence-electron chi connectivity index (χ1n) is 6.03. The Balaban J connectivity index is 2.48. The molecule has 4 nitrogen and oxygen atoms in total. The van der Waals surface area contributed by atoms with Gasteiger partial charge >= 0.3 is 5.97 Å². The molecule has 0 saturated heterocycles. The molecule has 17 heavy (non-hydrogen) atoms. The van der Waals surface area contributed by atoms with Crippen molar-refractivity contribution in [3.05, 3.63) is 22.6 Å². The molecular formula is C13H16O4. The zero-order valence-corrected chi connectivity index (χ0v) is 9.86. The fourth-order valence-electron chi connectivity index (χ4n) is 2.24. The maximum absolute atomic E-state index is 11.2. The normalized spacial score (nSPS) is 15.6. The summed E-state index contributed by atoms with van der Waals surface area (Å²) in [5.74, 6) is 0.208. The summed E-state index contributed by atoms with van der Waals surface area (Å²) in [4.78, 5) is 22.3. The van der Waals surface area contributed by atoms with Gasteiger partial charge < -0.3 is 9.52 Å². The minimum absolute atomic E-state index is 0.0729. The minimum Gasteiger partial charge on any atom is -0.478 e. The number of rotatable bonds is 5. The molecule has 0 unspecified atom stereocenters. The first-order valence-corrected chi connectivity index (χ1v) is 6.03. The Hall–Kier alpha value is -1.58. The van der Waals surface area contributed by atoms with Crippen LogP contribution in [-0.4, -0.2) is 17.4 Å². The second-order valence-electron chi connectivity index (χ2n) is 4.48. The zero-order valence-electron chi connectivity index (χ0n) is 9.86. The van der Waals surface area contributed by atoms with Gasteiger partial charge in [-0.2, -0.15) is 0 Å². The standard InChI is InChI=1S/C13H16O4/c1-2-4-10-11(13(15)16)9(7-14)12(17-10)8-5-3-6-8/h7-8H,2-6H2,1H3,(H,15,16). The molecule has 0 spiro atoms. The third kappa shape index (κ3) is 1.99. The van der Waals surface area contributed by atoms with Gasteiger partial charge in [0.1, 0.15) is 17.1 Å². The molecule has 1 N–H and O–H groups in total. The van der Waals surface area contributed by atoms with E-state index in [4.69, 9.17) is 4.42 Å². The van der Waals surface area contributed by atoms with Crippen LogP contribution in [-0.2, 0) is 6.42 Å². The van der Waals surface area contributed by atoms with Crippen LogP contribution in [0, 0.1) is 0 Å². The molecule has 1 aromatic heterocycles. The second kappa shape index (κ2) is 4.73. The van der Waals surface area contributed by atoms with E-state index in [1.807, 2.05) is 6.92 Å². The van der Waals surface area contributed by atoms with E-state index in [1.165, 1.54) is 0 Å². The first-order chi connectivity index (χ1) is 8.19. The smallest absolute Gasteiger partial charge is 0.340 e. The van der Waals surface area contributed by atoms with Crippen LogP contribution in [0.2, 0.25) is 0 Å². The summed E-state index contributed by atoms with van der Waals surface area (Å²) in [6.45, 7) is 1.96. The van der Waals surface area contributed by atoms with E-state index in [1.54, 1.807) is 0 Å². The first kappa shape index (κ1) is 11.9. The Morgan fingerprint density at radius 3 is 2.65 bits per heavy atom. The van der Waals surface area contributed by atoms with Crippen LogP contribution in [0.4, 0.5) is 0 Å². The van der Waals surface area contributed by atoms with Gasteiger partial charge in [-0.05, 0) is 19.3 Å². The molecule has 4 heteroatoms. The molecule has 0 radical (unpaired) electrons. The molecule has 1 aromatic rings. The summed E-state index contributed by atoms with van der Waals surface area (Å²) in [6, 6.07) is 0. The molecule has 1 saturated carbocycles. The minimum atomic E-state index is -1.06. The van der Waals surface area contributed by atoms with Gasteiger partial charge in [0.2, 0.25) is 0 Å². The lowest BCUT2D eigenvalue weighted by Crippen LogP contribution is -2.10. The summed E-state index contributed by atoms with van der Waals surface area (Å²) in [5, 5.41) is 9.17. The predicted octanol–water partition coefficient (Wildman–Crippen LogP) is 3.01. The maximum Gasteiger partial charge on any atom is 0.340 e. The highest BCUT2D eigenvalue weighted by Gasteiger charge is 2.31. The van der Waals surface area contributed by atoms with Gasteiger partial charge in [0.05, 0.1) is 5.56 Å². The van der Waals surface area contributed by atoms with Crippen molar-refractivity contribution in [1.29, 1.82) is 0 Å².